The molecule has 4 rings (SSSR count). The van der Waals surface area contributed by atoms with Gasteiger partial charge in [0.05, 0.1) is 16.5 Å². The van der Waals surface area contributed by atoms with E-state index in [4.69, 9.17) is 4.42 Å². The van der Waals surface area contributed by atoms with Crippen LogP contribution in [0, 0.1) is 0 Å². The Balaban J connectivity index is 2.28. The monoisotopic (exact) mass is 304 g/mol. The summed E-state index contributed by atoms with van der Waals surface area (Å²) in [6.07, 6.45) is -4.67. The summed E-state index contributed by atoms with van der Waals surface area (Å²) in [4.78, 5) is 18.1. The maximum atomic E-state index is 13.3. The lowest BCUT2D eigenvalue weighted by Crippen LogP contribution is -2.14. The van der Waals surface area contributed by atoms with Crippen LogP contribution in [-0.4, -0.2) is 9.97 Å². The summed E-state index contributed by atoms with van der Waals surface area (Å²) >= 11 is 0. The highest BCUT2D eigenvalue weighted by atomic mass is 19.4. The molecule has 0 spiro atoms. The van der Waals surface area contributed by atoms with Gasteiger partial charge in [-0.3, -0.25) is 4.79 Å². The standard InChI is InChI=1S/C15H7F3N2O2/c16-15(17,18)7-6-12(21)20-9-4-5-10-14(13(7)9)22-11-3-1-2-8(11)19-10/h1-6H,(H,20,21). The van der Waals surface area contributed by atoms with E-state index in [1.807, 2.05) is 0 Å². The topological polar surface area (TPSA) is 58.9 Å². The average molecular weight is 304 g/mol. The highest BCUT2D eigenvalue weighted by Gasteiger charge is 2.34. The summed E-state index contributed by atoms with van der Waals surface area (Å²) in [7, 11) is 0. The van der Waals surface area contributed by atoms with Gasteiger partial charge in [0.2, 0.25) is 5.56 Å². The smallest absolute Gasteiger partial charge is 0.417 e. The first kappa shape index (κ1) is 12.9. The van der Waals surface area contributed by atoms with Crippen LogP contribution in [0.5, 0.6) is 0 Å². The first-order valence-corrected chi connectivity index (χ1v) is 6.36. The van der Waals surface area contributed by atoms with E-state index in [0.29, 0.717) is 23.0 Å². The van der Waals surface area contributed by atoms with Gasteiger partial charge in [-0.2, -0.15) is 13.2 Å². The van der Waals surface area contributed by atoms with Crippen LogP contribution in [0.2, 0.25) is 0 Å². The Labute approximate surface area is 120 Å². The van der Waals surface area contributed by atoms with Gasteiger partial charge in [0.1, 0.15) is 11.2 Å². The number of aromatic amines is 1. The maximum Gasteiger partial charge on any atom is 0.417 e. The van der Waals surface area contributed by atoms with Crippen LogP contribution >= 0.6 is 0 Å². The second kappa shape index (κ2) is 4.09. The minimum absolute atomic E-state index is 0.000208. The largest absolute Gasteiger partial charge is 0.452 e. The second-order valence-corrected chi connectivity index (χ2v) is 4.87. The number of aromatic nitrogens is 2. The lowest BCUT2D eigenvalue weighted by Gasteiger charge is -2.12. The number of H-pyrrole nitrogens is 1. The molecule has 7 heteroatoms. The van der Waals surface area contributed by atoms with E-state index in [1.54, 1.807) is 18.2 Å². The Bertz CT molecular complexity index is 1050. The molecule has 0 bridgehead atoms. The van der Waals surface area contributed by atoms with Crippen molar-refractivity contribution in [2.45, 2.75) is 6.18 Å². The van der Waals surface area contributed by atoms with Crippen molar-refractivity contribution in [3.05, 3.63) is 52.3 Å². The molecular formula is C15H7F3N2O2. The van der Waals surface area contributed by atoms with E-state index < -0.39 is 17.3 Å². The first-order chi connectivity index (χ1) is 10.4. The number of halogens is 3. The molecular weight excluding hydrogens is 297 g/mol. The van der Waals surface area contributed by atoms with Crippen molar-refractivity contribution in [3.63, 3.8) is 0 Å². The summed E-state index contributed by atoms with van der Waals surface area (Å²) < 4.78 is 45.4. The van der Waals surface area contributed by atoms with E-state index in [0.717, 1.165) is 0 Å². The summed E-state index contributed by atoms with van der Waals surface area (Å²) in [5.41, 5.74) is -0.938. The molecule has 1 aliphatic heterocycles. The van der Waals surface area contributed by atoms with Crippen molar-refractivity contribution < 1.29 is 17.6 Å². The van der Waals surface area contributed by atoms with E-state index in [-0.39, 0.29) is 16.5 Å². The third-order valence-corrected chi connectivity index (χ3v) is 3.45. The fourth-order valence-corrected chi connectivity index (χ4v) is 2.54. The van der Waals surface area contributed by atoms with Crippen molar-refractivity contribution in [1.82, 2.24) is 9.97 Å². The molecule has 1 aliphatic carbocycles. The Hall–Kier alpha value is -2.83. The molecule has 1 aromatic heterocycles. The van der Waals surface area contributed by atoms with Gasteiger partial charge in [-0.15, -0.1) is 0 Å². The van der Waals surface area contributed by atoms with Crippen LogP contribution in [0.3, 0.4) is 0 Å². The molecule has 0 amide bonds. The van der Waals surface area contributed by atoms with Gasteiger partial charge in [-0.1, -0.05) is 6.07 Å². The Morgan fingerprint density at radius 1 is 1.14 bits per heavy atom. The van der Waals surface area contributed by atoms with Crippen LogP contribution in [0.25, 0.3) is 33.5 Å². The summed E-state index contributed by atoms with van der Waals surface area (Å²) in [6, 6.07) is 8.48. The summed E-state index contributed by atoms with van der Waals surface area (Å²) in [5, 5.41) is -0.194. The Morgan fingerprint density at radius 2 is 1.95 bits per heavy atom. The maximum absolute atomic E-state index is 13.3. The van der Waals surface area contributed by atoms with Crippen LogP contribution in [0.4, 0.5) is 13.2 Å². The predicted molar refractivity (Wildman–Crippen MR) is 73.8 cm³/mol. The lowest BCUT2D eigenvalue weighted by molar-refractivity contribution is -0.136. The number of nitrogens with one attached hydrogen (secondary N) is 1. The van der Waals surface area contributed by atoms with Crippen molar-refractivity contribution in [2.24, 2.45) is 0 Å². The molecule has 22 heavy (non-hydrogen) atoms. The van der Waals surface area contributed by atoms with Gasteiger partial charge in [0, 0.05) is 6.07 Å². The quantitative estimate of drug-likeness (QED) is 0.503. The molecule has 1 N–H and O–H groups in total. The normalized spacial score (nSPS) is 12.5. The van der Waals surface area contributed by atoms with Crippen molar-refractivity contribution in [2.75, 3.05) is 0 Å². The third-order valence-electron chi connectivity index (χ3n) is 3.45. The van der Waals surface area contributed by atoms with E-state index in [2.05, 4.69) is 9.97 Å². The highest BCUT2D eigenvalue weighted by molar-refractivity contribution is 6.03. The number of fused-ring (bicyclic) bond motifs is 4. The molecule has 2 aliphatic rings. The molecule has 0 unspecified atom stereocenters. The van der Waals surface area contributed by atoms with Gasteiger partial charge in [0.25, 0.3) is 0 Å². The number of pyridine rings is 1. The van der Waals surface area contributed by atoms with Gasteiger partial charge >= 0.3 is 6.18 Å². The fraction of sp³-hybridized carbons (Fsp3) is 0.0667. The Morgan fingerprint density at radius 3 is 2.73 bits per heavy atom. The minimum atomic E-state index is -4.67. The predicted octanol–water partition coefficient (Wildman–Crippen LogP) is 3.79. The van der Waals surface area contributed by atoms with Gasteiger partial charge in [-0.05, 0) is 24.3 Å². The number of nitrogens with zero attached hydrogens (tertiary/aromatic N) is 1. The lowest BCUT2D eigenvalue weighted by atomic mass is 10.1. The number of benzene rings is 1. The summed E-state index contributed by atoms with van der Waals surface area (Å²) in [6.45, 7) is 0. The third kappa shape index (κ3) is 1.78. The molecule has 0 saturated carbocycles. The molecule has 2 aromatic rings. The minimum Gasteiger partial charge on any atom is -0.452 e. The van der Waals surface area contributed by atoms with Gasteiger partial charge < -0.3 is 9.40 Å². The fourth-order valence-electron chi connectivity index (χ4n) is 2.54. The van der Waals surface area contributed by atoms with Crippen molar-refractivity contribution in [1.29, 1.82) is 0 Å². The van der Waals surface area contributed by atoms with Gasteiger partial charge in [-0.25, -0.2) is 4.98 Å². The SMILES string of the molecule is O=c1cc(C(F)(F)F)c2c(ccc3nc4cccc-4oc32)[nH]1. The molecule has 0 fully saturated rings. The van der Waals surface area contributed by atoms with Crippen LogP contribution in [0.15, 0.2) is 45.6 Å². The molecule has 110 valence electrons. The zero-order chi connectivity index (χ0) is 15.5. The van der Waals surface area contributed by atoms with E-state index in [9.17, 15) is 18.0 Å². The number of rotatable bonds is 0. The molecule has 0 radical (unpaired) electrons. The van der Waals surface area contributed by atoms with Crippen LogP contribution in [-0.2, 0) is 6.18 Å². The molecule has 1 aromatic carbocycles. The molecule has 2 heterocycles. The van der Waals surface area contributed by atoms with Crippen LogP contribution in [0.1, 0.15) is 5.56 Å². The number of hydrogen-bond donors (Lipinski definition) is 1. The Kier molecular flexibility index (Phi) is 2.40. The number of alkyl halides is 3. The first-order valence-electron chi connectivity index (χ1n) is 6.36. The number of hydrogen-bond acceptors (Lipinski definition) is 3. The molecule has 0 saturated heterocycles. The summed E-state index contributed by atoms with van der Waals surface area (Å²) in [5.74, 6) is 0.388. The average Bonchev–Trinajstić information content (AvgIpc) is 2.90. The molecule has 0 atom stereocenters. The highest BCUT2D eigenvalue weighted by Crippen LogP contribution is 2.38. The van der Waals surface area contributed by atoms with E-state index in [1.165, 1.54) is 12.1 Å². The van der Waals surface area contributed by atoms with E-state index >= 15 is 0 Å². The van der Waals surface area contributed by atoms with Crippen molar-refractivity contribution in [3.8, 4) is 11.5 Å². The zero-order valence-electron chi connectivity index (χ0n) is 10.9. The zero-order valence-corrected chi connectivity index (χ0v) is 10.9. The van der Waals surface area contributed by atoms with Crippen LogP contribution < -0.4 is 5.56 Å². The van der Waals surface area contributed by atoms with Gasteiger partial charge in [0.15, 0.2) is 11.3 Å². The van der Waals surface area contributed by atoms with Crippen molar-refractivity contribution >= 4 is 22.0 Å². The second-order valence-electron chi connectivity index (χ2n) is 4.87. The molecule has 4 nitrogen and oxygen atoms in total.